The van der Waals surface area contributed by atoms with Crippen LogP contribution < -0.4 is 15.5 Å². The molecule has 0 spiro atoms. The van der Waals surface area contributed by atoms with E-state index in [-0.39, 0.29) is 6.03 Å². The average Bonchev–Trinajstić information content (AvgIpc) is 2.93. The van der Waals surface area contributed by atoms with Gasteiger partial charge in [-0.2, -0.15) is 0 Å². The fraction of sp³-hybridized carbons (Fsp3) is 0.588. The zero-order valence-electron chi connectivity index (χ0n) is 13.0. The van der Waals surface area contributed by atoms with Crippen LogP contribution in [0.1, 0.15) is 45.4 Å². The van der Waals surface area contributed by atoms with Crippen LogP contribution in [0.2, 0.25) is 0 Å². The molecule has 1 aromatic carbocycles. The van der Waals surface area contributed by atoms with Gasteiger partial charge in [-0.05, 0) is 30.7 Å². The molecule has 2 N–H and O–H groups in total. The SMILES string of the molecule is CCCCCCCCNc1ccc(N2CCNC2=O)cc1. The van der Waals surface area contributed by atoms with E-state index >= 15 is 0 Å². The molecule has 1 aliphatic heterocycles. The second-order valence-electron chi connectivity index (χ2n) is 5.62. The van der Waals surface area contributed by atoms with Gasteiger partial charge < -0.3 is 10.6 Å². The number of urea groups is 1. The van der Waals surface area contributed by atoms with Gasteiger partial charge in [0.1, 0.15) is 0 Å². The summed E-state index contributed by atoms with van der Waals surface area (Å²) in [5.41, 5.74) is 2.10. The maximum absolute atomic E-state index is 11.6. The minimum absolute atomic E-state index is 0.00258. The molecule has 0 unspecified atom stereocenters. The number of amides is 2. The van der Waals surface area contributed by atoms with E-state index in [0.717, 1.165) is 31.0 Å². The van der Waals surface area contributed by atoms with Gasteiger partial charge in [0.15, 0.2) is 0 Å². The molecule has 0 aromatic heterocycles. The molecule has 2 rings (SSSR count). The van der Waals surface area contributed by atoms with Crippen molar-refractivity contribution in [3.8, 4) is 0 Å². The van der Waals surface area contributed by atoms with Crippen LogP contribution >= 0.6 is 0 Å². The number of benzene rings is 1. The summed E-state index contributed by atoms with van der Waals surface area (Å²) in [6.07, 6.45) is 7.90. The molecule has 1 fully saturated rings. The number of anilines is 2. The number of hydrogen-bond donors (Lipinski definition) is 2. The monoisotopic (exact) mass is 289 g/mol. The fourth-order valence-electron chi connectivity index (χ4n) is 2.62. The Hall–Kier alpha value is -1.71. The second kappa shape index (κ2) is 8.55. The van der Waals surface area contributed by atoms with Crippen molar-refractivity contribution in [2.24, 2.45) is 0 Å². The molecule has 1 heterocycles. The molecule has 0 bridgehead atoms. The van der Waals surface area contributed by atoms with Gasteiger partial charge in [0.05, 0.1) is 0 Å². The molecule has 0 saturated carbocycles. The van der Waals surface area contributed by atoms with E-state index in [1.807, 2.05) is 12.1 Å². The average molecular weight is 289 g/mol. The van der Waals surface area contributed by atoms with E-state index < -0.39 is 0 Å². The van der Waals surface area contributed by atoms with Gasteiger partial charge >= 0.3 is 6.03 Å². The first-order valence-electron chi connectivity index (χ1n) is 8.20. The maximum Gasteiger partial charge on any atom is 0.321 e. The lowest BCUT2D eigenvalue weighted by molar-refractivity contribution is 0.252. The van der Waals surface area contributed by atoms with Crippen molar-refractivity contribution in [2.45, 2.75) is 45.4 Å². The van der Waals surface area contributed by atoms with Crippen molar-refractivity contribution < 1.29 is 4.79 Å². The van der Waals surface area contributed by atoms with E-state index in [0.29, 0.717) is 0 Å². The minimum atomic E-state index is 0.00258. The smallest absolute Gasteiger partial charge is 0.321 e. The fourth-order valence-corrected chi connectivity index (χ4v) is 2.62. The summed E-state index contributed by atoms with van der Waals surface area (Å²) in [4.78, 5) is 13.4. The molecule has 116 valence electrons. The topological polar surface area (TPSA) is 44.4 Å². The Morgan fingerprint density at radius 2 is 1.81 bits per heavy atom. The van der Waals surface area contributed by atoms with Crippen LogP contribution in [0.15, 0.2) is 24.3 Å². The van der Waals surface area contributed by atoms with Crippen molar-refractivity contribution in [1.29, 1.82) is 0 Å². The second-order valence-corrected chi connectivity index (χ2v) is 5.62. The Balaban J connectivity index is 1.67. The lowest BCUT2D eigenvalue weighted by Gasteiger charge is -2.15. The first kappa shape index (κ1) is 15.7. The highest BCUT2D eigenvalue weighted by Gasteiger charge is 2.20. The van der Waals surface area contributed by atoms with Crippen LogP contribution in [-0.4, -0.2) is 25.7 Å². The van der Waals surface area contributed by atoms with Crippen LogP contribution in [0.4, 0.5) is 16.2 Å². The molecule has 21 heavy (non-hydrogen) atoms. The van der Waals surface area contributed by atoms with Crippen LogP contribution in [0.25, 0.3) is 0 Å². The highest BCUT2D eigenvalue weighted by molar-refractivity contribution is 5.94. The number of hydrogen-bond acceptors (Lipinski definition) is 2. The number of nitrogens with one attached hydrogen (secondary N) is 2. The molecule has 1 aliphatic rings. The third-order valence-corrected chi connectivity index (χ3v) is 3.90. The van der Waals surface area contributed by atoms with Gasteiger partial charge in [0, 0.05) is 31.0 Å². The Bertz CT molecular complexity index is 430. The predicted octanol–water partition coefficient (Wildman–Crippen LogP) is 3.99. The third kappa shape index (κ3) is 4.96. The Morgan fingerprint density at radius 3 is 2.48 bits per heavy atom. The summed E-state index contributed by atoms with van der Waals surface area (Å²) < 4.78 is 0. The summed E-state index contributed by atoms with van der Waals surface area (Å²) >= 11 is 0. The number of carbonyl (C=O) groups excluding carboxylic acids is 1. The first-order chi connectivity index (χ1) is 10.3. The lowest BCUT2D eigenvalue weighted by Crippen LogP contribution is -2.27. The van der Waals surface area contributed by atoms with E-state index in [1.165, 1.54) is 38.5 Å². The van der Waals surface area contributed by atoms with E-state index in [4.69, 9.17) is 0 Å². The molecule has 0 aliphatic carbocycles. The number of rotatable bonds is 9. The van der Waals surface area contributed by atoms with Gasteiger partial charge in [-0.3, -0.25) is 4.90 Å². The Labute approximate surface area is 127 Å². The van der Waals surface area contributed by atoms with Crippen LogP contribution in [0.3, 0.4) is 0 Å². The van der Waals surface area contributed by atoms with Crippen LogP contribution in [0.5, 0.6) is 0 Å². The van der Waals surface area contributed by atoms with Gasteiger partial charge in [-0.15, -0.1) is 0 Å². The standard InChI is InChI=1S/C17H27N3O/c1-2-3-4-5-6-7-12-18-15-8-10-16(11-9-15)20-14-13-19-17(20)21/h8-11,18H,2-7,12-14H2,1H3,(H,19,21). The third-order valence-electron chi connectivity index (χ3n) is 3.90. The summed E-state index contributed by atoms with van der Waals surface area (Å²) in [6, 6.07) is 8.13. The van der Waals surface area contributed by atoms with E-state index in [1.54, 1.807) is 4.90 Å². The number of unbranched alkanes of at least 4 members (excludes halogenated alkanes) is 5. The highest BCUT2D eigenvalue weighted by Crippen LogP contribution is 2.19. The van der Waals surface area contributed by atoms with Gasteiger partial charge in [0.25, 0.3) is 0 Å². The predicted molar refractivity (Wildman–Crippen MR) is 89.1 cm³/mol. The van der Waals surface area contributed by atoms with Crippen molar-refractivity contribution in [3.63, 3.8) is 0 Å². The molecule has 0 atom stereocenters. The summed E-state index contributed by atoms with van der Waals surface area (Å²) in [7, 11) is 0. The number of carbonyl (C=O) groups is 1. The molecular weight excluding hydrogens is 262 g/mol. The van der Waals surface area contributed by atoms with Gasteiger partial charge in [-0.1, -0.05) is 39.0 Å². The quantitative estimate of drug-likeness (QED) is 0.675. The zero-order chi connectivity index (χ0) is 14.9. The molecule has 0 radical (unpaired) electrons. The van der Waals surface area contributed by atoms with Crippen molar-refractivity contribution in [3.05, 3.63) is 24.3 Å². The largest absolute Gasteiger partial charge is 0.385 e. The molecule has 4 nitrogen and oxygen atoms in total. The molecule has 2 amide bonds. The molecule has 4 heteroatoms. The normalized spacial score (nSPS) is 14.3. The highest BCUT2D eigenvalue weighted by atomic mass is 16.2. The maximum atomic E-state index is 11.6. The summed E-state index contributed by atoms with van der Waals surface area (Å²) in [5, 5.41) is 6.26. The van der Waals surface area contributed by atoms with Crippen molar-refractivity contribution >= 4 is 17.4 Å². The summed E-state index contributed by atoms with van der Waals surface area (Å²) in [5.74, 6) is 0. The van der Waals surface area contributed by atoms with Gasteiger partial charge in [0.2, 0.25) is 0 Å². The first-order valence-corrected chi connectivity index (χ1v) is 8.20. The van der Waals surface area contributed by atoms with Crippen LogP contribution in [-0.2, 0) is 0 Å². The van der Waals surface area contributed by atoms with Crippen molar-refractivity contribution in [2.75, 3.05) is 29.9 Å². The van der Waals surface area contributed by atoms with Crippen molar-refractivity contribution in [1.82, 2.24) is 5.32 Å². The Morgan fingerprint density at radius 1 is 1.10 bits per heavy atom. The van der Waals surface area contributed by atoms with E-state index in [9.17, 15) is 4.79 Å². The van der Waals surface area contributed by atoms with E-state index in [2.05, 4.69) is 29.7 Å². The molecular formula is C17H27N3O. The Kier molecular flexibility index (Phi) is 6.38. The number of nitrogens with zero attached hydrogens (tertiary/aromatic N) is 1. The summed E-state index contributed by atoms with van der Waals surface area (Å²) in [6.45, 7) is 4.76. The van der Waals surface area contributed by atoms with Crippen LogP contribution in [0, 0.1) is 0 Å². The molecule has 1 aromatic rings. The molecule has 1 saturated heterocycles. The zero-order valence-corrected chi connectivity index (χ0v) is 13.0. The lowest BCUT2D eigenvalue weighted by atomic mass is 10.1. The van der Waals surface area contributed by atoms with Gasteiger partial charge in [-0.25, -0.2) is 4.79 Å². The minimum Gasteiger partial charge on any atom is -0.385 e.